The van der Waals surface area contributed by atoms with Crippen LogP contribution in [0.5, 0.6) is 0 Å². The molecular weight excluding hydrogens is 464 g/mol. The molecule has 2 heterocycles. The van der Waals surface area contributed by atoms with Gasteiger partial charge in [-0.3, -0.25) is 0 Å². The second-order valence-corrected chi connectivity index (χ2v) is 8.48. The Morgan fingerprint density at radius 2 is 1.15 bits per heavy atom. The number of hydrogen-bond acceptors (Lipinski definition) is 0. The first-order valence-corrected chi connectivity index (χ1v) is 10.4. The van der Waals surface area contributed by atoms with Gasteiger partial charge in [0.2, 0.25) is 0 Å². The summed E-state index contributed by atoms with van der Waals surface area (Å²) in [6, 6.07) is 23.5. The van der Waals surface area contributed by atoms with Gasteiger partial charge in [0, 0.05) is 31.7 Å². The second-order valence-electron chi connectivity index (χ2n) is 6.77. The maximum atomic E-state index is 3.81. The zero-order valence-corrected chi connectivity index (χ0v) is 18.7. The Morgan fingerprint density at radius 3 is 1.74 bits per heavy atom. The Bertz CT molecular complexity index is 1080. The highest BCUT2D eigenvalue weighted by Crippen LogP contribution is 2.36. The van der Waals surface area contributed by atoms with Crippen molar-refractivity contribution >= 4 is 31.9 Å². The van der Waals surface area contributed by atoms with Crippen molar-refractivity contribution in [3.8, 4) is 22.6 Å². The largest absolute Gasteiger partial charge is 0.316 e. The minimum absolute atomic E-state index is 1.06. The zero-order chi connectivity index (χ0) is 19.1. The predicted octanol–water partition coefficient (Wildman–Crippen LogP) is 7.39. The van der Waals surface area contributed by atoms with Gasteiger partial charge < -0.3 is 9.13 Å². The molecule has 0 aliphatic heterocycles. The van der Waals surface area contributed by atoms with Gasteiger partial charge in [-0.2, -0.15) is 0 Å². The summed E-state index contributed by atoms with van der Waals surface area (Å²) in [6.07, 6.45) is 0. The van der Waals surface area contributed by atoms with Crippen LogP contribution in [0.4, 0.5) is 0 Å². The monoisotopic (exact) mass is 482 g/mol. The molecule has 0 aliphatic rings. The van der Waals surface area contributed by atoms with Gasteiger partial charge in [0.25, 0.3) is 0 Å². The first-order valence-electron chi connectivity index (χ1n) is 8.86. The molecule has 2 aromatic carbocycles. The molecule has 4 aromatic rings. The Labute approximate surface area is 176 Å². The van der Waals surface area contributed by atoms with E-state index in [9.17, 15) is 0 Å². The normalized spacial score (nSPS) is 11.1. The highest BCUT2D eigenvalue weighted by atomic mass is 79.9. The predicted molar refractivity (Wildman–Crippen MR) is 120 cm³/mol. The van der Waals surface area contributed by atoms with E-state index in [2.05, 4.69) is 122 Å². The van der Waals surface area contributed by atoms with Gasteiger partial charge in [-0.05, 0) is 94.6 Å². The van der Waals surface area contributed by atoms with Gasteiger partial charge in [-0.1, -0.05) is 30.3 Å². The average Bonchev–Trinajstić information content (AvgIpc) is 3.19. The Morgan fingerprint density at radius 1 is 0.630 bits per heavy atom. The van der Waals surface area contributed by atoms with E-state index >= 15 is 0 Å². The molecule has 0 N–H and O–H groups in total. The van der Waals surface area contributed by atoms with E-state index in [-0.39, 0.29) is 0 Å². The standard InChI is InChI=1S/C23H20Br2N2/c1-15-9-10-16(2)26(15)23-20(24)13-19(14-21(23)25)27-17(3)11-12-22(27)18-7-5-4-6-8-18/h4-14H,1-3H3. The van der Waals surface area contributed by atoms with Gasteiger partial charge in [0.15, 0.2) is 0 Å². The van der Waals surface area contributed by atoms with E-state index in [1.165, 1.54) is 28.3 Å². The molecular formula is C23H20Br2N2. The lowest BCUT2D eigenvalue weighted by Crippen LogP contribution is -2.04. The number of halogens is 2. The fraction of sp³-hybridized carbons (Fsp3) is 0.130. The van der Waals surface area contributed by atoms with Crippen LogP contribution in [0.3, 0.4) is 0 Å². The van der Waals surface area contributed by atoms with Crippen LogP contribution < -0.4 is 0 Å². The average molecular weight is 484 g/mol. The molecule has 0 atom stereocenters. The maximum absolute atomic E-state index is 3.81. The lowest BCUT2D eigenvalue weighted by Gasteiger charge is -2.18. The number of hydrogen-bond donors (Lipinski definition) is 0. The van der Waals surface area contributed by atoms with E-state index < -0.39 is 0 Å². The van der Waals surface area contributed by atoms with Crippen molar-refractivity contribution in [1.29, 1.82) is 0 Å². The molecule has 0 unspecified atom stereocenters. The van der Waals surface area contributed by atoms with Crippen LogP contribution in [0.1, 0.15) is 17.1 Å². The zero-order valence-electron chi connectivity index (χ0n) is 15.5. The molecule has 0 fully saturated rings. The molecule has 2 aromatic heterocycles. The molecule has 0 bridgehead atoms. The third kappa shape index (κ3) is 3.21. The van der Waals surface area contributed by atoms with Crippen LogP contribution in [-0.2, 0) is 0 Å². The summed E-state index contributed by atoms with van der Waals surface area (Å²) in [4.78, 5) is 0. The van der Waals surface area contributed by atoms with Crippen LogP contribution >= 0.6 is 31.9 Å². The summed E-state index contributed by atoms with van der Waals surface area (Å²) < 4.78 is 6.67. The van der Waals surface area contributed by atoms with Crippen molar-refractivity contribution in [2.45, 2.75) is 20.8 Å². The molecule has 0 aliphatic carbocycles. The number of benzene rings is 2. The summed E-state index contributed by atoms with van der Waals surface area (Å²) in [7, 11) is 0. The lowest BCUT2D eigenvalue weighted by atomic mass is 10.1. The van der Waals surface area contributed by atoms with Crippen molar-refractivity contribution in [1.82, 2.24) is 9.13 Å². The SMILES string of the molecule is Cc1ccc(C)n1-c1c(Br)cc(-n2c(C)ccc2-c2ccccc2)cc1Br. The summed E-state index contributed by atoms with van der Waals surface area (Å²) >= 11 is 7.63. The van der Waals surface area contributed by atoms with Gasteiger partial charge in [-0.15, -0.1) is 0 Å². The van der Waals surface area contributed by atoms with Crippen molar-refractivity contribution in [2.24, 2.45) is 0 Å². The van der Waals surface area contributed by atoms with Crippen LogP contribution in [0.15, 0.2) is 75.7 Å². The molecule has 136 valence electrons. The van der Waals surface area contributed by atoms with E-state index in [1.807, 2.05) is 6.07 Å². The third-order valence-electron chi connectivity index (χ3n) is 4.90. The maximum Gasteiger partial charge on any atom is 0.0741 e. The van der Waals surface area contributed by atoms with E-state index in [0.717, 1.165) is 20.3 Å². The summed E-state index contributed by atoms with van der Waals surface area (Å²) in [5, 5.41) is 0. The number of nitrogens with zero attached hydrogens (tertiary/aromatic N) is 2. The number of aryl methyl sites for hydroxylation is 3. The second kappa shape index (κ2) is 7.17. The summed E-state index contributed by atoms with van der Waals surface area (Å²) in [5.74, 6) is 0. The third-order valence-corrected chi connectivity index (χ3v) is 6.11. The number of aromatic nitrogens is 2. The van der Waals surface area contributed by atoms with Crippen LogP contribution in [0.25, 0.3) is 22.6 Å². The smallest absolute Gasteiger partial charge is 0.0741 e. The quantitative estimate of drug-likeness (QED) is 0.287. The van der Waals surface area contributed by atoms with E-state index in [4.69, 9.17) is 0 Å². The highest BCUT2D eigenvalue weighted by Gasteiger charge is 2.16. The topological polar surface area (TPSA) is 9.86 Å². The molecule has 0 spiro atoms. The van der Waals surface area contributed by atoms with E-state index in [1.54, 1.807) is 0 Å². The van der Waals surface area contributed by atoms with Crippen LogP contribution in [0.2, 0.25) is 0 Å². The van der Waals surface area contributed by atoms with Crippen LogP contribution in [-0.4, -0.2) is 9.13 Å². The minimum Gasteiger partial charge on any atom is -0.316 e. The minimum atomic E-state index is 1.06. The molecule has 4 heteroatoms. The fourth-order valence-corrected chi connectivity index (χ4v) is 5.15. The molecule has 0 saturated heterocycles. The Kier molecular flexibility index (Phi) is 4.87. The highest BCUT2D eigenvalue weighted by molar-refractivity contribution is 9.11. The van der Waals surface area contributed by atoms with Crippen molar-refractivity contribution in [3.63, 3.8) is 0 Å². The van der Waals surface area contributed by atoms with Gasteiger partial charge >= 0.3 is 0 Å². The number of rotatable bonds is 3. The molecule has 0 amide bonds. The summed E-state index contributed by atoms with van der Waals surface area (Å²) in [6.45, 7) is 6.40. The fourth-order valence-electron chi connectivity index (χ4n) is 3.63. The molecule has 0 radical (unpaired) electrons. The Hall–Kier alpha value is -2.04. The molecule has 4 rings (SSSR count). The Balaban J connectivity index is 1.90. The van der Waals surface area contributed by atoms with Crippen molar-refractivity contribution in [2.75, 3.05) is 0 Å². The lowest BCUT2D eigenvalue weighted by molar-refractivity contribution is 0.947. The first-order chi connectivity index (χ1) is 13.0. The molecule has 0 saturated carbocycles. The van der Waals surface area contributed by atoms with Crippen molar-refractivity contribution in [3.05, 3.63) is 92.8 Å². The van der Waals surface area contributed by atoms with Gasteiger partial charge in [0.1, 0.15) is 0 Å². The molecule has 27 heavy (non-hydrogen) atoms. The molecule has 2 nitrogen and oxygen atoms in total. The van der Waals surface area contributed by atoms with E-state index in [0.29, 0.717) is 0 Å². The van der Waals surface area contributed by atoms with Crippen molar-refractivity contribution < 1.29 is 0 Å². The van der Waals surface area contributed by atoms with Gasteiger partial charge in [-0.25, -0.2) is 0 Å². The van der Waals surface area contributed by atoms with Crippen LogP contribution in [0, 0.1) is 20.8 Å². The summed E-state index contributed by atoms with van der Waals surface area (Å²) in [5.41, 5.74) is 8.28. The van der Waals surface area contributed by atoms with Gasteiger partial charge in [0.05, 0.1) is 11.4 Å². The first kappa shape index (κ1) is 18.3.